The van der Waals surface area contributed by atoms with Gasteiger partial charge in [-0.1, -0.05) is 35.9 Å². The number of nitrogens with one attached hydrogen (secondary N) is 2. The Kier molecular flexibility index (Phi) is 12.0. The van der Waals surface area contributed by atoms with E-state index in [2.05, 4.69) is 36.9 Å². The summed E-state index contributed by atoms with van der Waals surface area (Å²) < 4.78 is 5.38. The summed E-state index contributed by atoms with van der Waals surface area (Å²) in [5.41, 5.74) is 23.4. The number of ketones is 2. The van der Waals surface area contributed by atoms with Crippen LogP contribution in [0.25, 0.3) is 45.2 Å². The van der Waals surface area contributed by atoms with Gasteiger partial charge in [-0.2, -0.15) is 15.3 Å². The molecule has 14 nitrogen and oxygen atoms in total. The standard InChI is InChI=1S/C26H31N7O.C22H26ClN5O/c1-16-11-18(7-8-19(16)24(34)12-17-5-6-17)23-14-28-25-21(29-15-26(2,3)27)13-20(31-33(23)25)22-9-10-30-32(22)4;1-13-8-15(6-7-16(13)19(29)9-14-4-5-14)18-11-25-21-17(26-12-22(2,3)24)10-20(23)27-28(18)21/h7-11,13-14,17,29H,5-6,12,15,27H2,1-4H3;6-8,10-11,14,26H,4-5,9,12,24H2,1-3H3. The van der Waals surface area contributed by atoms with Crippen molar-refractivity contribution in [2.24, 2.45) is 30.4 Å². The molecule has 15 heteroatoms. The third-order valence-corrected chi connectivity index (χ3v) is 11.6. The molecule has 2 aliphatic carbocycles. The van der Waals surface area contributed by atoms with Crippen molar-refractivity contribution in [3.05, 3.63) is 101 Å². The number of anilines is 2. The van der Waals surface area contributed by atoms with Crippen molar-refractivity contribution in [2.45, 2.75) is 91.1 Å². The summed E-state index contributed by atoms with van der Waals surface area (Å²) in [7, 11) is 1.90. The molecule has 0 saturated heterocycles. The van der Waals surface area contributed by atoms with Crippen molar-refractivity contribution in [3.63, 3.8) is 0 Å². The third-order valence-electron chi connectivity index (χ3n) is 11.4. The average Bonchev–Trinajstić information content (AvgIpc) is 4.07. The monoisotopic (exact) mass is 868 g/mol. The Balaban J connectivity index is 0.000000175. The van der Waals surface area contributed by atoms with Crippen LogP contribution in [0.4, 0.5) is 11.4 Å². The van der Waals surface area contributed by atoms with Gasteiger partial charge in [0.2, 0.25) is 0 Å². The van der Waals surface area contributed by atoms with Gasteiger partial charge in [0.25, 0.3) is 0 Å². The van der Waals surface area contributed by atoms with E-state index in [1.165, 1.54) is 25.7 Å². The highest BCUT2D eigenvalue weighted by Crippen LogP contribution is 2.36. The molecule has 0 unspecified atom stereocenters. The van der Waals surface area contributed by atoms with Crippen LogP contribution < -0.4 is 22.1 Å². The summed E-state index contributed by atoms with van der Waals surface area (Å²) in [6.45, 7) is 13.0. The minimum absolute atomic E-state index is 0.228. The number of rotatable bonds is 15. The van der Waals surface area contributed by atoms with Crippen LogP contribution in [0.15, 0.2) is 73.2 Å². The molecule has 2 fully saturated rings. The molecule has 5 aromatic heterocycles. The number of benzene rings is 2. The van der Waals surface area contributed by atoms with Gasteiger partial charge in [-0.3, -0.25) is 14.3 Å². The van der Waals surface area contributed by atoms with Gasteiger partial charge < -0.3 is 22.1 Å². The number of nitrogens with zero attached hydrogens (tertiary/aromatic N) is 8. The molecular weight excluding hydrogens is 812 g/mol. The maximum absolute atomic E-state index is 12.7. The van der Waals surface area contributed by atoms with Crippen LogP contribution in [-0.4, -0.2) is 74.7 Å². The molecule has 0 bridgehead atoms. The van der Waals surface area contributed by atoms with Crippen LogP contribution in [0.5, 0.6) is 0 Å². The van der Waals surface area contributed by atoms with Gasteiger partial charge in [-0.05, 0) is 114 Å². The number of halogens is 1. The van der Waals surface area contributed by atoms with E-state index in [9.17, 15) is 9.59 Å². The van der Waals surface area contributed by atoms with E-state index >= 15 is 0 Å². The number of carbonyl (C=O) groups is 2. The predicted octanol–water partition coefficient (Wildman–Crippen LogP) is 8.73. The van der Waals surface area contributed by atoms with Crippen molar-refractivity contribution in [1.82, 2.24) is 39.0 Å². The molecule has 0 amide bonds. The van der Waals surface area contributed by atoms with Gasteiger partial charge in [0.05, 0.1) is 40.9 Å². The Bertz CT molecular complexity index is 2830. The molecule has 7 aromatic rings. The summed E-state index contributed by atoms with van der Waals surface area (Å²) in [5, 5.41) is 20.8. The summed E-state index contributed by atoms with van der Waals surface area (Å²) in [6.07, 6.45) is 11.4. The van der Waals surface area contributed by atoms with Gasteiger partial charge in [0.15, 0.2) is 28.0 Å². The molecule has 63 heavy (non-hydrogen) atoms. The zero-order valence-electron chi connectivity index (χ0n) is 37.2. The molecule has 9 rings (SSSR count). The topological polar surface area (TPSA) is 188 Å². The molecule has 0 aliphatic heterocycles. The van der Waals surface area contributed by atoms with E-state index in [-0.39, 0.29) is 22.6 Å². The lowest BCUT2D eigenvalue weighted by atomic mass is 9.98. The highest BCUT2D eigenvalue weighted by atomic mass is 35.5. The van der Waals surface area contributed by atoms with E-state index in [0.717, 1.165) is 73.2 Å². The molecular formula is C48H57ClN12O2. The summed E-state index contributed by atoms with van der Waals surface area (Å²) in [4.78, 5) is 34.4. The normalized spacial score (nSPS) is 14.2. The molecule has 2 aliphatic rings. The number of hydrogen-bond acceptors (Lipinski definition) is 11. The van der Waals surface area contributed by atoms with Crippen molar-refractivity contribution in [1.29, 1.82) is 0 Å². The van der Waals surface area contributed by atoms with E-state index in [1.54, 1.807) is 27.7 Å². The van der Waals surface area contributed by atoms with Crippen molar-refractivity contribution in [3.8, 4) is 33.9 Å². The van der Waals surface area contributed by atoms with Gasteiger partial charge >= 0.3 is 0 Å². The van der Waals surface area contributed by atoms with Gasteiger partial charge in [0, 0.05) is 78.6 Å². The first kappa shape index (κ1) is 43.7. The maximum atomic E-state index is 12.7. The number of Topliss-reactive ketones (excluding diaryl/α,β-unsaturated/α-hetero) is 2. The molecule has 2 saturated carbocycles. The third kappa shape index (κ3) is 10.3. The minimum atomic E-state index is -0.387. The minimum Gasteiger partial charge on any atom is -0.380 e. The van der Waals surface area contributed by atoms with Gasteiger partial charge in [-0.15, -0.1) is 0 Å². The van der Waals surface area contributed by atoms with Crippen LogP contribution >= 0.6 is 11.6 Å². The quantitative estimate of drug-likeness (QED) is 0.0722. The Morgan fingerprint density at radius 1 is 0.698 bits per heavy atom. The fourth-order valence-corrected chi connectivity index (χ4v) is 7.80. The van der Waals surface area contributed by atoms with Crippen molar-refractivity contribution >= 4 is 45.8 Å². The smallest absolute Gasteiger partial charge is 0.177 e. The van der Waals surface area contributed by atoms with E-state index < -0.39 is 0 Å². The van der Waals surface area contributed by atoms with Crippen LogP contribution in [0.3, 0.4) is 0 Å². The Labute approximate surface area is 372 Å². The van der Waals surface area contributed by atoms with Gasteiger partial charge in [-0.25, -0.2) is 19.0 Å². The molecule has 2 aromatic carbocycles. The molecule has 0 radical (unpaired) electrons. The second-order valence-electron chi connectivity index (χ2n) is 18.8. The molecule has 0 atom stereocenters. The number of fused-ring (bicyclic) bond motifs is 2. The zero-order chi connectivity index (χ0) is 44.8. The van der Waals surface area contributed by atoms with Crippen LogP contribution in [0.1, 0.15) is 98.1 Å². The first-order valence-electron chi connectivity index (χ1n) is 21.7. The Morgan fingerprint density at radius 3 is 1.60 bits per heavy atom. The Morgan fingerprint density at radius 2 is 1.17 bits per heavy atom. The number of nitrogens with two attached hydrogens (primary N) is 2. The van der Waals surface area contributed by atoms with E-state index in [4.69, 9.17) is 28.2 Å². The first-order chi connectivity index (χ1) is 29.9. The average molecular weight is 870 g/mol. The second kappa shape index (κ2) is 17.3. The largest absolute Gasteiger partial charge is 0.380 e. The zero-order valence-corrected chi connectivity index (χ0v) is 37.9. The van der Waals surface area contributed by atoms with Crippen LogP contribution in [0, 0.1) is 25.7 Å². The highest BCUT2D eigenvalue weighted by Gasteiger charge is 2.27. The Hall–Kier alpha value is -5.96. The summed E-state index contributed by atoms with van der Waals surface area (Å²) >= 11 is 6.27. The SMILES string of the molecule is Cc1cc(-c2cnc3c(NCC(C)(C)N)cc(-c4ccnn4C)nn23)ccc1C(=O)CC1CC1.Cc1cc(-c2cnc3c(NCC(C)(C)N)cc(Cl)nn23)ccc1C(=O)CC1CC1. The second-order valence-corrected chi connectivity index (χ2v) is 19.2. The fraction of sp³-hybridized carbons (Fsp3) is 0.396. The number of hydrogen-bond donors (Lipinski definition) is 4. The number of carbonyl (C=O) groups excluding carboxylic acids is 2. The van der Waals surface area contributed by atoms with E-state index in [0.29, 0.717) is 48.6 Å². The molecule has 6 N–H and O–H groups in total. The van der Waals surface area contributed by atoms with Gasteiger partial charge in [0.1, 0.15) is 5.69 Å². The highest BCUT2D eigenvalue weighted by molar-refractivity contribution is 6.29. The first-order valence-corrected chi connectivity index (χ1v) is 22.0. The molecule has 328 valence electrons. The summed E-state index contributed by atoms with van der Waals surface area (Å²) in [5.74, 6) is 1.62. The van der Waals surface area contributed by atoms with Crippen LogP contribution in [0.2, 0.25) is 5.15 Å². The lowest BCUT2D eigenvalue weighted by Crippen LogP contribution is -2.39. The van der Waals surface area contributed by atoms with Crippen molar-refractivity contribution in [2.75, 3.05) is 23.7 Å². The predicted molar refractivity (Wildman–Crippen MR) is 250 cm³/mol. The summed E-state index contributed by atoms with van der Waals surface area (Å²) in [6, 6.07) is 17.5. The van der Waals surface area contributed by atoms with Crippen molar-refractivity contribution < 1.29 is 9.59 Å². The maximum Gasteiger partial charge on any atom is 0.177 e. The molecule has 0 spiro atoms. The lowest BCUT2D eigenvalue weighted by molar-refractivity contribution is 0.0967. The van der Waals surface area contributed by atoms with E-state index in [1.807, 2.05) is 102 Å². The fourth-order valence-electron chi connectivity index (χ4n) is 7.62. The number of imidazole rings is 2. The lowest BCUT2D eigenvalue weighted by Gasteiger charge is -2.20. The number of aromatic nitrogens is 8. The number of aryl methyl sites for hydroxylation is 3. The molecule has 5 heterocycles. The van der Waals surface area contributed by atoms with Crippen LogP contribution in [-0.2, 0) is 7.05 Å².